The van der Waals surface area contributed by atoms with Crippen LogP contribution in [0.5, 0.6) is 0 Å². The van der Waals surface area contributed by atoms with Crippen LogP contribution in [0.3, 0.4) is 0 Å². The van der Waals surface area contributed by atoms with E-state index in [1.54, 1.807) is 13.0 Å². The zero-order valence-electron chi connectivity index (χ0n) is 11.1. The lowest BCUT2D eigenvalue weighted by Gasteiger charge is -2.14. The van der Waals surface area contributed by atoms with Gasteiger partial charge < -0.3 is 5.32 Å². The molecule has 2 rings (SSSR count). The lowest BCUT2D eigenvalue weighted by atomic mass is 10.2. The van der Waals surface area contributed by atoms with E-state index in [1.165, 1.54) is 12.3 Å². The first-order chi connectivity index (χ1) is 9.49. The first-order valence-corrected chi connectivity index (χ1v) is 6.89. The molecule has 1 heterocycles. The molecule has 0 spiro atoms. The predicted molar refractivity (Wildman–Crippen MR) is 80.7 cm³/mol. The molecule has 1 aromatic carbocycles. The monoisotopic (exact) mass is 335 g/mol. The maximum absolute atomic E-state index is 12.2. The van der Waals surface area contributed by atoms with Gasteiger partial charge >= 0.3 is 0 Å². The van der Waals surface area contributed by atoms with Gasteiger partial charge in [0.2, 0.25) is 5.91 Å². The number of benzene rings is 1. The van der Waals surface area contributed by atoms with Crippen LogP contribution in [0.4, 0.5) is 5.69 Å². The Kier molecular flexibility index (Phi) is 4.34. The van der Waals surface area contributed by atoms with Crippen molar-refractivity contribution in [3.8, 4) is 0 Å². The standard InChI is InChI=1S/C14H14BrN3O2/c1-9-8-11(15)5-6-12(9)17-14(20)10(2)18-13(19)4-3-7-16-18/h3-8,10H,1-2H3,(H,17,20). The summed E-state index contributed by atoms with van der Waals surface area (Å²) in [6.07, 6.45) is 1.48. The van der Waals surface area contributed by atoms with Crippen molar-refractivity contribution in [1.82, 2.24) is 9.78 Å². The van der Waals surface area contributed by atoms with E-state index in [2.05, 4.69) is 26.3 Å². The summed E-state index contributed by atoms with van der Waals surface area (Å²) in [5.74, 6) is -0.281. The lowest BCUT2D eigenvalue weighted by Crippen LogP contribution is -2.32. The van der Waals surface area contributed by atoms with Gasteiger partial charge in [-0.15, -0.1) is 0 Å². The second-order valence-electron chi connectivity index (χ2n) is 4.43. The molecule has 1 amide bonds. The number of nitrogens with zero attached hydrogens (tertiary/aromatic N) is 2. The van der Waals surface area contributed by atoms with Crippen LogP contribution >= 0.6 is 15.9 Å². The third-order valence-electron chi connectivity index (χ3n) is 2.93. The van der Waals surface area contributed by atoms with Gasteiger partial charge in [0.1, 0.15) is 6.04 Å². The van der Waals surface area contributed by atoms with Crippen molar-refractivity contribution in [3.63, 3.8) is 0 Å². The molecule has 0 saturated heterocycles. The maximum atomic E-state index is 12.2. The van der Waals surface area contributed by atoms with Gasteiger partial charge in [-0.3, -0.25) is 9.59 Å². The Bertz CT molecular complexity index is 697. The van der Waals surface area contributed by atoms with Crippen LogP contribution in [0.1, 0.15) is 18.5 Å². The summed E-state index contributed by atoms with van der Waals surface area (Å²) < 4.78 is 2.10. The number of halogens is 1. The molecule has 6 heteroatoms. The Morgan fingerprint density at radius 1 is 1.40 bits per heavy atom. The minimum atomic E-state index is -0.674. The molecule has 0 bridgehead atoms. The SMILES string of the molecule is Cc1cc(Br)ccc1NC(=O)C(C)n1ncccc1=O. The lowest BCUT2D eigenvalue weighted by molar-refractivity contribution is -0.119. The van der Waals surface area contributed by atoms with E-state index in [1.807, 2.05) is 25.1 Å². The van der Waals surface area contributed by atoms with Crippen molar-refractivity contribution in [2.24, 2.45) is 0 Å². The van der Waals surface area contributed by atoms with Crippen LogP contribution in [0.15, 0.2) is 45.8 Å². The molecule has 1 atom stereocenters. The number of aromatic nitrogens is 2. The van der Waals surface area contributed by atoms with E-state index < -0.39 is 6.04 Å². The van der Waals surface area contributed by atoms with Gasteiger partial charge in [-0.05, 0) is 43.7 Å². The summed E-state index contributed by atoms with van der Waals surface area (Å²) in [6.45, 7) is 3.54. The van der Waals surface area contributed by atoms with Crippen LogP contribution in [0, 0.1) is 6.92 Å². The van der Waals surface area contributed by atoms with E-state index in [4.69, 9.17) is 0 Å². The predicted octanol–water partition coefficient (Wildman–Crippen LogP) is 2.51. The fourth-order valence-corrected chi connectivity index (χ4v) is 2.25. The topological polar surface area (TPSA) is 64.0 Å². The molecule has 0 saturated carbocycles. The Morgan fingerprint density at radius 3 is 2.80 bits per heavy atom. The van der Waals surface area contributed by atoms with Gasteiger partial charge in [0.25, 0.3) is 5.56 Å². The van der Waals surface area contributed by atoms with Gasteiger partial charge in [-0.2, -0.15) is 5.10 Å². The second kappa shape index (κ2) is 6.00. The summed E-state index contributed by atoms with van der Waals surface area (Å²) in [5.41, 5.74) is 1.35. The van der Waals surface area contributed by atoms with Crippen molar-refractivity contribution >= 4 is 27.5 Å². The third-order valence-corrected chi connectivity index (χ3v) is 3.43. The van der Waals surface area contributed by atoms with E-state index >= 15 is 0 Å². The minimum absolute atomic E-state index is 0.281. The van der Waals surface area contributed by atoms with Crippen molar-refractivity contribution in [1.29, 1.82) is 0 Å². The fourth-order valence-electron chi connectivity index (χ4n) is 1.78. The average molecular weight is 336 g/mol. The molecule has 2 aromatic rings. The molecule has 104 valence electrons. The van der Waals surface area contributed by atoms with Crippen molar-refractivity contribution in [2.45, 2.75) is 19.9 Å². The zero-order valence-corrected chi connectivity index (χ0v) is 12.7. The average Bonchev–Trinajstić information content (AvgIpc) is 2.41. The van der Waals surface area contributed by atoms with Gasteiger partial charge in [-0.1, -0.05) is 15.9 Å². The molecular formula is C14H14BrN3O2. The number of amides is 1. The summed E-state index contributed by atoms with van der Waals surface area (Å²) in [6, 6.07) is 7.81. The highest BCUT2D eigenvalue weighted by molar-refractivity contribution is 9.10. The smallest absolute Gasteiger partial charge is 0.267 e. The van der Waals surface area contributed by atoms with Crippen molar-refractivity contribution in [2.75, 3.05) is 5.32 Å². The van der Waals surface area contributed by atoms with Crippen LogP contribution in [-0.2, 0) is 4.79 Å². The first kappa shape index (κ1) is 14.5. The molecule has 0 aliphatic heterocycles. The van der Waals surface area contributed by atoms with Gasteiger partial charge in [0, 0.05) is 22.4 Å². The Hall–Kier alpha value is -1.95. The Morgan fingerprint density at radius 2 is 2.15 bits per heavy atom. The molecule has 20 heavy (non-hydrogen) atoms. The Labute approximate surface area is 124 Å². The molecule has 1 N–H and O–H groups in total. The fraction of sp³-hybridized carbons (Fsp3) is 0.214. The molecule has 1 aromatic heterocycles. The molecule has 5 nitrogen and oxygen atoms in total. The number of rotatable bonds is 3. The second-order valence-corrected chi connectivity index (χ2v) is 5.35. The van der Waals surface area contributed by atoms with E-state index in [-0.39, 0.29) is 11.5 Å². The maximum Gasteiger partial charge on any atom is 0.267 e. The highest BCUT2D eigenvalue weighted by atomic mass is 79.9. The van der Waals surface area contributed by atoms with Gasteiger partial charge in [0.15, 0.2) is 0 Å². The quantitative estimate of drug-likeness (QED) is 0.937. The highest BCUT2D eigenvalue weighted by Gasteiger charge is 2.17. The molecular weight excluding hydrogens is 322 g/mol. The molecule has 0 fully saturated rings. The van der Waals surface area contributed by atoms with Gasteiger partial charge in [-0.25, -0.2) is 4.68 Å². The zero-order chi connectivity index (χ0) is 14.7. The number of aryl methyl sites for hydroxylation is 1. The van der Waals surface area contributed by atoms with E-state index in [0.29, 0.717) is 5.69 Å². The summed E-state index contributed by atoms with van der Waals surface area (Å²) in [4.78, 5) is 23.8. The van der Waals surface area contributed by atoms with Crippen LogP contribution in [-0.4, -0.2) is 15.7 Å². The summed E-state index contributed by atoms with van der Waals surface area (Å²) >= 11 is 3.37. The summed E-state index contributed by atoms with van der Waals surface area (Å²) in [5, 5.41) is 6.72. The van der Waals surface area contributed by atoms with E-state index in [9.17, 15) is 9.59 Å². The highest BCUT2D eigenvalue weighted by Crippen LogP contribution is 2.20. The minimum Gasteiger partial charge on any atom is -0.324 e. The number of nitrogens with one attached hydrogen (secondary N) is 1. The number of hydrogen-bond donors (Lipinski definition) is 1. The Balaban J connectivity index is 2.20. The number of hydrogen-bond acceptors (Lipinski definition) is 3. The summed E-state index contributed by atoms with van der Waals surface area (Å²) in [7, 11) is 0. The third kappa shape index (κ3) is 3.14. The number of carbonyl (C=O) groups is 1. The van der Waals surface area contributed by atoms with Crippen LogP contribution in [0.25, 0.3) is 0 Å². The largest absolute Gasteiger partial charge is 0.324 e. The normalized spacial score (nSPS) is 11.9. The molecule has 1 unspecified atom stereocenters. The molecule has 0 aliphatic rings. The van der Waals surface area contributed by atoms with Crippen molar-refractivity contribution < 1.29 is 4.79 Å². The number of carbonyl (C=O) groups excluding carboxylic acids is 1. The first-order valence-electron chi connectivity index (χ1n) is 6.10. The molecule has 0 aliphatic carbocycles. The van der Waals surface area contributed by atoms with Crippen LogP contribution in [0.2, 0.25) is 0 Å². The molecule has 0 radical (unpaired) electrons. The van der Waals surface area contributed by atoms with E-state index in [0.717, 1.165) is 14.7 Å². The van der Waals surface area contributed by atoms with Crippen LogP contribution < -0.4 is 10.9 Å². The van der Waals surface area contributed by atoms with Gasteiger partial charge in [0.05, 0.1) is 0 Å². The van der Waals surface area contributed by atoms with Crippen molar-refractivity contribution in [3.05, 3.63) is 56.9 Å². The number of anilines is 1.